The van der Waals surface area contributed by atoms with Crippen molar-refractivity contribution in [3.05, 3.63) is 56.9 Å². The first-order valence-electron chi connectivity index (χ1n) is 11.4. The number of carbonyl (C=O) groups excluding carboxylic acids is 2. The molecule has 2 aromatic carbocycles. The molecule has 3 amide bonds. The number of rotatable bonds is 6. The van der Waals surface area contributed by atoms with Crippen LogP contribution < -0.4 is 16.0 Å². The van der Waals surface area contributed by atoms with E-state index < -0.39 is 0 Å². The first kappa shape index (κ1) is 23.4. The van der Waals surface area contributed by atoms with E-state index in [2.05, 4.69) is 25.2 Å². The first-order valence-corrected chi connectivity index (χ1v) is 12.9. The van der Waals surface area contributed by atoms with Gasteiger partial charge in [0.2, 0.25) is 0 Å². The van der Waals surface area contributed by atoms with Crippen LogP contribution in [0.15, 0.2) is 36.4 Å². The van der Waals surface area contributed by atoms with Gasteiger partial charge in [-0.2, -0.15) is 4.37 Å². The average Bonchev–Trinajstić information content (AvgIpc) is 3.25. The molecule has 3 aromatic rings. The molecule has 4 heterocycles. The molecule has 0 saturated carbocycles. The lowest BCUT2D eigenvalue weighted by Crippen LogP contribution is -2.57. The van der Waals surface area contributed by atoms with E-state index in [0.29, 0.717) is 45.0 Å². The third-order valence-corrected chi connectivity index (χ3v) is 8.22. The van der Waals surface area contributed by atoms with Gasteiger partial charge in [-0.05, 0) is 85.7 Å². The summed E-state index contributed by atoms with van der Waals surface area (Å²) in [5.74, 6) is 0.499. The molecule has 1 atom stereocenters. The number of carbonyl (C=O) groups is 2. The molecule has 3 N–H and O–H groups in total. The van der Waals surface area contributed by atoms with E-state index in [4.69, 9.17) is 23.2 Å². The van der Waals surface area contributed by atoms with Gasteiger partial charge in [0.15, 0.2) is 0 Å². The Morgan fingerprint density at radius 2 is 1.88 bits per heavy atom. The van der Waals surface area contributed by atoms with Gasteiger partial charge in [0, 0.05) is 40.3 Å². The number of hydrogen-bond donors (Lipinski definition) is 3. The number of benzene rings is 2. The second-order valence-corrected chi connectivity index (χ2v) is 10.4. The summed E-state index contributed by atoms with van der Waals surface area (Å²) in [6.07, 6.45) is 2.82. The molecule has 0 radical (unpaired) electrons. The zero-order valence-electron chi connectivity index (χ0n) is 18.4. The van der Waals surface area contributed by atoms with Crippen LogP contribution in [0, 0.1) is 5.92 Å². The number of anilines is 1. The molecule has 0 unspecified atom stereocenters. The number of nitrogens with one attached hydrogen (secondary N) is 3. The molecule has 3 aliphatic rings. The SMILES string of the molecule is O=C(NCCc1c(Cl)cccc1Cl)Nc1ccc2c(C(=O)N[C@@H]3CN4CCC3CC4)snc2c1. The smallest absolute Gasteiger partial charge is 0.319 e. The summed E-state index contributed by atoms with van der Waals surface area (Å²) in [7, 11) is 0. The molecular formula is C24H25Cl2N5O2S. The maximum Gasteiger partial charge on any atom is 0.319 e. The van der Waals surface area contributed by atoms with Crippen molar-refractivity contribution in [3.8, 4) is 0 Å². The number of piperidine rings is 3. The van der Waals surface area contributed by atoms with Gasteiger partial charge in [-0.15, -0.1) is 0 Å². The molecule has 0 spiro atoms. The minimum absolute atomic E-state index is 0.0667. The maximum absolute atomic E-state index is 13.0. The van der Waals surface area contributed by atoms with E-state index in [1.165, 1.54) is 11.5 Å². The van der Waals surface area contributed by atoms with Gasteiger partial charge in [0.05, 0.1) is 5.52 Å². The molecule has 7 nitrogen and oxygen atoms in total. The van der Waals surface area contributed by atoms with Gasteiger partial charge >= 0.3 is 6.03 Å². The predicted octanol–water partition coefficient (Wildman–Crippen LogP) is 4.79. The van der Waals surface area contributed by atoms with E-state index >= 15 is 0 Å². The molecule has 2 bridgehead atoms. The Morgan fingerprint density at radius 3 is 2.59 bits per heavy atom. The minimum atomic E-state index is -0.335. The van der Waals surface area contributed by atoms with Gasteiger partial charge in [0.1, 0.15) is 4.88 Å². The number of aromatic nitrogens is 1. The predicted molar refractivity (Wildman–Crippen MR) is 137 cm³/mol. The molecule has 6 rings (SSSR count). The molecule has 3 aliphatic heterocycles. The van der Waals surface area contributed by atoms with Crippen molar-refractivity contribution in [2.45, 2.75) is 25.3 Å². The lowest BCUT2D eigenvalue weighted by Gasteiger charge is -2.44. The van der Waals surface area contributed by atoms with Crippen LogP contribution in [-0.2, 0) is 6.42 Å². The van der Waals surface area contributed by atoms with Crippen molar-refractivity contribution >= 4 is 63.3 Å². The monoisotopic (exact) mass is 517 g/mol. The molecule has 0 aliphatic carbocycles. The number of amides is 3. The number of hydrogen-bond acceptors (Lipinski definition) is 5. The average molecular weight is 518 g/mol. The van der Waals surface area contributed by atoms with E-state index in [1.54, 1.807) is 30.3 Å². The van der Waals surface area contributed by atoms with Crippen molar-refractivity contribution < 1.29 is 9.59 Å². The summed E-state index contributed by atoms with van der Waals surface area (Å²) in [6.45, 7) is 3.59. The Bertz CT molecular complexity index is 1210. The molecule has 1 aromatic heterocycles. The van der Waals surface area contributed by atoms with E-state index in [1.807, 2.05) is 6.07 Å². The van der Waals surface area contributed by atoms with Crippen LogP contribution in [0.2, 0.25) is 10.0 Å². The largest absolute Gasteiger partial charge is 0.347 e. The second-order valence-electron chi connectivity index (χ2n) is 8.79. The maximum atomic E-state index is 13.0. The van der Waals surface area contributed by atoms with E-state index in [0.717, 1.165) is 43.4 Å². The summed E-state index contributed by atoms with van der Waals surface area (Å²) < 4.78 is 4.44. The van der Waals surface area contributed by atoms with Crippen LogP contribution in [0.25, 0.3) is 10.9 Å². The fourth-order valence-electron chi connectivity index (χ4n) is 4.79. The zero-order chi connectivity index (χ0) is 23.7. The van der Waals surface area contributed by atoms with Crippen LogP contribution >= 0.6 is 34.7 Å². The Labute approximate surface area is 212 Å². The summed E-state index contributed by atoms with van der Waals surface area (Å²) in [5, 5.41) is 10.8. The van der Waals surface area contributed by atoms with Crippen LogP contribution in [0.5, 0.6) is 0 Å². The highest BCUT2D eigenvalue weighted by molar-refractivity contribution is 7.09. The van der Waals surface area contributed by atoms with Crippen molar-refractivity contribution in [3.63, 3.8) is 0 Å². The van der Waals surface area contributed by atoms with Crippen molar-refractivity contribution in [2.75, 3.05) is 31.5 Å². The number of nitrogens with zero attached hydrogens (tertiary/aromatic N) is 2. The van der Waals surface area contributed by atoms with Crippen molar-refractivity contribution in [2.24, 2.45) is 5.92 Å². The molecular weight excluding hydrogens is 493 g/mol. The minimum Gasteiger partial charge on any atom is -0.347 e. The Balaban J connectivity index is 1.18. The molecule has 10 heteroatoms. The zero-order valence-corrected chi connectivity index (χ0v) is 20.8. The summed E-state index contributed by atoms with van der Waals surface area (Å²) in [5.41, 5.74) is 2.10. The number of urea groups is 1. The summed E-state index contributed by atoms with van der Waals surface area (Å²) >= 11 is 13.5. The molecule has 34 heavy (non-hydrogen) atoms. The Kier molecular flexibility index (Phi) is 6.92. The van der Waals surface area contributed by atoms with Crippen molar-refractivity contribution in [1.29, 1.82) is 0 Å². The van der Waals surface area contributed by atoms with Crippen LogP contribution in [0.3, 0.4) is 0 Å². The third kappa shape index (κ3) is 5.00. The fourth-order valence-corrected chi connectivity index (χ4v) is 6.13. The first-order chi connectivity index (χ1) is 16.5. The van der Waals surface area contributed by atoms with Gasteiger partial charge in [-0.3, -0.25) is 4.79 Å². The van der Waals surface area contributed by atoms with E-state index in [-0.39, 0.29) is 18.0 Å². The third-order valence-electron chi connectivity index (χ3n) is 6.64. The quantitative estimate of drug-likeness (QED) is 0.438. The van der Waals surface area contributed by atoms with Gasteiger partial charge < -0.3 is 20.9 Å². The Morgan fingerprint density at radius 1 is 1.12 bits per heavy atom. The second kappa shape index (κ2) is 10.1. The van der Waals surface area contributed by atoms with Gasteiger partial charge in [-0.25, -0.2) is 4.79 Å². The molecule has 3 saturated heterocycles. The van der Waals surface area contributed by atoms with Crippen LogP contribution in [-0.4, -0.2) is 53.4 Å². The lowest BCUT2D eigenvalue weighted by molar-refractivity contribution is 0.0623. The lowest BCUT2D eigenvalue weighted by atomic mass is 9.84. The number of halogens is 2. The van der Waals surface area contributed by atoms with Gasteiger partial charge in [0.25, 0.3) is 5.91 Å². The highest BCUT2D eigenvalue weighted by Gasteiger charge is 2.35. The summed E-state index contributed by atoms with van der Waals surface area (Å²) in [6, 6.07) is 10.6. The normalized spacial score (nSPS) is 21.4. The van der Waals surface area contributed by atoms with Gasteiger partial charge in [-0.1, -0.05) is 29.3 Å². The highest BCUT2D eigenvalue weighted by atomic mass is 35.5. The highest BCUT2D eigenvalue weighted by Crippen LogP contribution is 2.30. The Hall–Kier alpha value is -2.39. The standard InChI is InChI=1S/C24H25Cl2N5O2S/c25-18-2-1-3-19(26)16(18)6-9-27-24(33)28-15-4-5-17-20(12-15)30-34-22(17)23(32)29-21-13-31-10-7-14(21)8-11-31/h1-5,12,14,21H,6-11,13H2,(H,29,32)(H2,27,28,33)/t21-/m1/s1. The topological polar surface area (TPSA) is 86.4 Å². The molecule has 3 fully saturated rings. The van der Waals surface area contributed by atoms with Crippen molar-refractivity contribution in [1.82, 2.24) is 19.9 Å². The van der Waals surface area contributed by atoms with Crippen LogP contribution in [0.4, 0.5) is 10.5 Å². The summed E-state index contributed by atoms with van der Waals surface area (Å²) in [4.78, 5) is 28.3. The number of fused-ring (bicyclic) bond motifs is 4. The fraction of sp³-hybridized carbons (Fsp3) is 0.375. The van der Waals surface area contributed by atoms with E-state index in [9.17, 15) is 9.59 Å². The van der Waals surface area contributed by atoms with Crippen LogP contribution in [0.1, 0.15) is 28.1 Å². The molecule has 178 valence electrons.